The second-order valence-corrected chi connectivity index (χ2v) is 3.80. The van der Waals surface area contributed by atoms with Crippen LogP contribution in [0.1, 0.15) is 19.8 Å². The van der Waals surface area contributed by atoms with Crippen molar-refractivity contribution in [3.8, 4) is 0 Å². The summed E-state index contributed by atoms with van der Waals surface area (Å²) in [7, 11) is 0. The molecule has 7 heteroatoms. The molecule has 0 bridgehead atoms. The first-order valence-electron chi connectivity index (χ1n) is 5.60. The lowest BCUT2D eigenvalue weighted by Crippen LogP contribution is -2.48. The molecular weight excluding hydrogens is 226 g/mol. The van der Waals surface area contributed by atoms with E-state index in [4.69, 9.17) is 5.11 Å². The van der Waals surface area contributed by atoms with Gasteiger partial charge in [0.15, 0.2) is 0 Å². The Kier molecular flexibility index (Phi) is 4.74. The highest BCUT2D eigenvalue weighted by atomic mass is 16.4. The molecule has 1 aliphatic heterocycles. The number of amides is 3. The molecule has 0 aromatic rings. The summed E-state index contributed by atoms with van der Waals surface area (Å²) in [6.07, 6.45) is 1.13. The van der Waals surface area contributed by atoms with Crippen LogP contribution in [0.15, 0.2) is 0 Å². The number of nitrogens with one attached hydrogen (secondary N) is 2. The Morgan fingerprint density at radius 3 is 2.65 bits per heavy atom. The molecule has 0 aliphatic carbocycles. The fraction of sp³-hybridized carbons (Fsp3) is 0.700. The predicted molar refractivity (Wildman–Crippen MR) is 59.4 cm³/mol. The summed E-state index contributed by atoms with van der Waals surface area (Å²) in [5.41, 5.74) is 0. The molecule has 1 unspecified atom stereocenters. The molecule has 0 aromatic carbocycles. The Morgan fingerprint density at radius 2 is 2.06 bits per heavy atom. The van der Waals surface area contributed by atoms with E-state index in [1.54, 1.807) is 6.92 Å². The average molecular weight is 243 g/mol. The first kappa shape index (κ1) is 13.3. The molecule has 1 heterocycles. The number of likely N-dealkylation sites (N-methyl/N-ethyl adjacent to an activating group) is 1. The van der Waals surface area contributed by atoms with E-state index in [1.165, 1.54) is 4.90 Å². The SMILES string of the molecule is CCNC(=O)CNC(=O)N1CCCC1C(=O)O. The Hall–Kier alpha value is -1.79. The molecule has 0 radical (unpaired) electrons. The fourth-order valence-electron chi connectivity index (χ4n) is 1.78. The Labute approximate surface area is 99.2 Å². The van der Waals surface area contributed by atoms with E-state index in [2.05, 4.69) is 10.6 Å². The van der Waals surface area contributed by atoms with E-state index in [0.717, 1.165) is 0 Å². The molecule has 1 aliphatic rings. The third kappa shape index (κ3) is 3.61. The molecular formula is C10H17N3O4. The number of carbonyl (C=O) groups is 3. The zero-order valence-electron chi connectivity index (χ0n) is 9.73. The summed E-state index contributed by atoms with van der Waals surface area (Å²) in [4.78, 5) is 34.9. The minimum Gasteiger partial charge on any atom is -0.480 e. The first-order valence-corrected chi connectivity index (χ1v) is 5.60. The first-order chi connectivity index (χ1) is 8.06. The van der Waals surface area contributed by atoms with Gasteiger partial charge in [0.1, 0.15) is 6.04 Å². The lowest BCUT2D eigenvalue weighted by molar-refractivity contribution is -0.141. The fourth-order valence-corrected chi connectivity index (χ4v) is 1.78. The van der Waals surface area contributed by atoms with Crippen molar-refractivity contribution in [2.24, 2.45) is 0 Å². The van der Waals surface area contributed by atoms with Crippen LogP contribution in [0.25, 0.3) is 0 Å². The number of likely N-dealkylation sites (tertiary alicyclic amines) is 1. The van der Waals surface area contributed by atoms with Crippen LogP contribution in [-0.4, -0.2) is 53.6 Å². The van der Waals surface area contributed by atoms with Crippen molar-refractivity contribution in [3.05, 3.63) is 0 Å². The molecule has 0 aromatic heterocycles. The number of carbonyl (C=O) groups excluding carboxylic acids is 2. The van der Waals surface area contributed by atoms with Gasteiger partial charge < -0.3 is 20.6 Å². The van der Waals surface area contributed by atoms with E-state index in [9.17, 15) is 14.4 Å². The minimum atomic E-state index is -1.00. The zero-order valence-corrected chi connectivity index (χ0v) is 9.73. The van der Waals surface area contributed by atoms with Gasteiger partial charge in [0.05, 0.1) is 6.54 Å². The van der Waals surface area contributed by atoms with Gasteiger partial charge in [-0.2, -0.15) is 0 Å². The summed E-state index contributed by atoms with van der Waals surface area (Å²) in [5.74, 6) is -1.29. The molecule has 3 amide bonds. The largest absolute Gasteiger partial charge is 0.480 e. The maximum absolute atomic E-state index is 11.6. The van der Waals surface area contributed by atoms with Crippen molar-refractivity contribution >= 4 is 17.9 Å². The maximum Gasteiger partial charge on any atom is 0.326 e. The van der Waals surface area contributed by atoms with E-state index >= 15 is 0 Å². The van der Waals surface area contributed by atoms with Crippen LogP contribution in [0, 0.1) is 0 Å². The molecule has 0 spiro atoms. The van der Waals surface area contributed by atoms with Crippen LogP contribution in [0.3, 0.4) is 0 Å². The Bertz CT molecular complexity index is 319. The number of hydrogen-bond donors (Lipinski definition) is 3. The van der Waals surface area contributed by atoms with E-state index in [-0.39, 0.29) is 12.5 Å². The second-order valence-electron chi connectivity index (χ2n) is 3.80. The molecule has 96 valence electrons. The van der Waals surface area contributed by atoms with Gasteiger partial charge in [-0.15, -0.1) is 0 Å². The van der Waals surface area contributed by atoms with Crippen LogP contribution in [-0.2, 0) is 9.59 Å². The highest BCUT2D eigenvalue weighted by Gasteiger charge is 2.33. The maximum atomic E-state index is 11.6. The van der Waals surface area contributed by atoms with Crippen molar-refractivity contribution in [1.82, 2.24) is 15.5 Å². The van der Waals surface area contributed by atoms with Crippen LogP contribution < -0.4 is 10.6 Å². The zero-order chi connectivity index (χ0) is 12.8. The summed E-state index contributed by atoms with van der Waals surface area (Å²) in [5, 5.41) is 13.8. The van der Waals surface area contributed by atoms with Crippen molar-refractivity contribution in [3.63, 3.8) is 0 Å². The highest BCUT2D eigenvalue weighted by Crippen LogP contribution is 2.16. The highest BCUT2D eigenvalue weighted by molar-refractivity contribution is 5.87. The van der Waals surface area contributed by atoms with Crippen molar-refractivity contribution in [1.29, 1.82) is 0 Å². The number of urea groups is 1. The lowest BCUT2D eigenvalue weighted by atomic mass is 10.2. The third-order valence-corrected chi connectivity index (χ3v) is 2.57. The molecule has 1 atom stereocenters. The number of nitrogens with zero attached hydrogens (tertiary/aromatic N) is 1. The molecule has 7 nitrogen and oxygen atoms in total. The molecule has 1 fully saturated rings. The number of rotatable bonds is 4. The normalized spacial score (nSPS) is 18.9. The molecule has 1 saturated heterocycles. The monoisotopic (exact) mass is 243 g/mol. The van der Waals surface area contributed by atoms with Crippen molar-refractivity contribution < 1.29 is 19.5 Å². The summed E-state index contributed by atoms with van der Waals surface area (Å²) in [6.45, 7) is 2.56. The molecule has 1 rings (SSSR count). The van der Waals surface area contributed by atoms with Crippen LogP contribution in [0.5, 0.6) is 0 Å². The number of carboxylic acids is 1. The van der Waals surface area contributed by atoms with Gasteiger partial charge >= 0.3 is 12.0 Å². The van der Waals surface area contributed by atoms with Gasteiger partial charge in [-0.1, -0.05) is 0 Å². The number of hydrogen-bond acceptors (Lipinski definition) is 3. The van der Waals surface area contributed by atoms with Gasteiger partial charge in [-0.05, 0) is 19.8 Å². The van der Waals surface area contributed by atoms with Gasteiger partial charge in [-0.25, -0.2) is 9.59 Å². The molecule has 17 heavy (non-hydrogen) atoms. The topological polar surface area (TPSA) is 98.7 Å². The number of aliphatic carboxylic acids is 1. The second kappa shape index (κ2) is 6.07. The smallest absolute Gasteiger partial charge is 0.326 e. The van der Waals surface area contributed by atoms with E-state index in [0.29, 0.717) is 25.9 Å². The van der Waals surface area contributed by atoms with Gasteiger partial charge in [0.25, 0.3) is 0 Å². The summed E-state index contributed by atoms with van der Waals surface area (Å²) < 4.78 is 0. The minimum absolute atomic E-state index is 0.129. The van der Waals surface area contributed by atoms with Crippen LogP contribution in [0.2, 0.25) is 0 Å². The average Bonchev–Trinajstić information content (AvgIpc) is 2.75. The van der Waals surface area contributed by atoms with E-state index in [1.807, 2.05) is 0 Å². The number of carboxylic acid groups (broad SMARTS) is 1. The predicted octanol–water partition coefficient (Wildman–Crippen LogP) is -0.619. The van der Waals surface area contributed by atoms with Crippen molar-refractivity contribution in [2.45, 2.75) is 25.8 Å². The Morgan fingerprint density at radius 1 is 1.35 bits per heavy atom. The Balaban J connectivity index is 2.42. The van der Waals surface area contributed by atoms with Crippen LogP contribution >= 0.6 is 0 Å². The standard InChI is InChI=1S/C10H17N3O4/c1-2-11-8(14)6-12-10(17)13-5-3-4-7(13)9(15)16/h7H,2-6H2,1H3,(H,11,14)(H,12,17)(H,15,16). The quantitative estimate of drug-likeness (QED) is 0.613. The lowest BCUT2D eigenvalue weighted by Gasteiger charge is -2.21. The molecule has 3 N–H and O–H groups in total. The van der Waals surface area contributed by atoms with Crippen molar-refractivity contribution in [2.75, 3.05) is 19.6 Å². The van der Waals surface area contributed by atoms with E-state index < -0.39 is 18.0 Å². The van der Waals surface area contributed by atoms with Gasteiger partial charge in [0.2, 0.25) is 5.91 Å². The molecule has 0 saturated carbocycles. The van der Waals surface area contributed by atoms with Gasteiger partial charge in [0, 0.05) is 13.1 Å². The summed E-state index contributed by atoms with van der Waals surface area (Å²) in [6, 6.07) is -1.27. The van der Waals surface area contributed by atoms with Gasteiger partial charge in [-0.3, -0.25) is 4.79 Å². The third-order valence-electron chi connectivity index (χ3n) is 2.57. The summed E-state index contributed by atoms with van der Waals surface area (Å²) >= 11 is 0. The van der Waals surface area contributed by atoms with Crippen LogP contribution in [0.4, 0.5) is 4.79 Å².